The molecule has 0 aliphatic carbocycles. The van der Waals surface area contributed by atoms with E-state index in [1.54, 1.807) is 0 Å². The Labute approximate surface area is 90.1 Å². The van der Waals surface area contributed by atoms with Crippen LogP contribution < -0.4 is 0 Å². The van der Waals surface area contributed by atoms with Gasteiger partial charge in [-0.1, -0.05) is 0 Å². The molecule has 1 aromatic rings. The molecule has 1 heterocycles. The molecule has 0 saturated heterocycles. The molecule has 1 aromatic heterocycles. The van der Waals surface area contributed by atoms with E-state index in [1.165, 1.54) is 22.6 Å². The third-order valence-corrected chi connectivity index (χ3v) is 2.29. The van der Waals surface area contributed by atoms with Gasteiger partial charge >= 0.3 is 12.1 Å². The fraction of sp³-hybridized carbons (Fsp3) is 0.143. The van der Waals surface area contributed by atoms with Gasteiger partial charge in [0.05, 0.1) is 0 Å². The number of aromatic carboxylic acids is 1. The Bertz CT molecular complexity index is 378. The molecule has 0 spiro atoms. The van der Waals surface area contributed by atoms with Crippen LogP contribution in [0.2, 0.25) is 0 Å². The smallest absolute Gasteiger partial charge is 0.419 e. The van der Waals surface area contributed by atoms with E-state index in [1.807, 2.05) is 0 Å². The lowest BCUT2D eigenvalue weighted by molar-refractivity contribution is -0.139. The summed E-state index contributed by atoms with van der Waals surface area (Å²) < 4.78 is 36.9. The van der Waals surface area contributed by atoms with Gasteiger partial charge < -0.3 is 5.11 Å². The number of alkyl halides is 3. The number of carbonyl (C=O) groups is 1. The minimum absolute atomic E-state index is 0.178. The van der Waals surface area contributed by atoms with Gasteiger partial charge in [-0.25, -0.2) is 9.78 Å². The highest BCUT2D eigenvalue weighted by Crippen LogP contribution is 2.34. The van der Waals surface area contributed by atoms with Crippen molar-refractivity contribution in [2.45, 2.75) is 6.18 Å². The fourth-order valence-corrected chi connectivity index (χ4v) is 1.59. The highest BCUT2D eigenvalue weighted by atomic mass is 127. The number of rotatable bonds is 1. The number of pyridine rings is 1. The molecule has 0 fully saturated rings. The predicted molar refractivity (Wildman–Crippen MR) is 48.9 cm³/mol. The van der Waals surface area contributed by atoms with Crippen LogP contribution in [0.5, 0.6) is 0 Å². The number of carboxylic acid groups (broad SMARTS) is 1. The summed E-state index contributed by atoms with van der Waals surface area (Å²) in [5.74, 6) is -1.68. The summed E-state index contributed by atoms with van der Waals surface area (Å²) in [6.07, 6.45) is -3.67. The molecule has 0 aliphatic heterocycles. The maximum atomic E-state index is 12.4. The lowest BCUT2D eigenvalue weighted by Gasteiger charge is -2.10. The van der Waals surface area contributed by atoms with Gasteiger partial charge in [-0.05, 0) is 28.7 Å². The topological polar surface area (TPSA) is 50.2 Å². The molecule has 76 valence electrons. The summed E-state index contributed by atoms with van der Waals surface area (Å²) >= 11 is 1.42. The van der Waals surface area contributed by atoms with Crippen LogP contribution in [-0.4, -0.2) is 16.1 Å². The van der Waals surface area contributed by atoms with E-state index in [0.29, 0.717) is 0 Å². The highest BCUT2D eigenvalue weighted by molar-refractivity contribution is 14.1. The first-order valence-electron chi connectivity index (χ1n) is 3.29. The van der Waals surface area contributed by atoms with E-state index < -0.39 is 23.4 Å². The van der Waals surface area contributed by atoms with Crippen LogP contribution in [0.15, 0.2) is 12.3 Å². The summed E-state index contributed by atoms with van der Waals surface area (Å²) in [4.78, 5) is 13.6. The van der Waals surface area contributed by atoms with E-state index in [9.17, 15) is 18.0 Å². The van der Waals surface area contributed by atoms with Gasteiger partial charge in [0.2, 0.25) is 0 Å². The number of halogens is 4. The van der Waals surface area contributed by atoms with E-state index in [2.05, 4.69) is 4.98 Å². The first-order valence-corrected chi connectivity index (χ1v) is 4.37. The number of hydrogen-bond acceptors (Lipinski definition) is 2. The summed E-state index contributed by atoms with van der Waals surface area (Å²) in [5, 5.41) is 8.49. The minimum atomic E-state index is -4.70. The largest absolute Gasteiger partial charge is 0.476 e. The molecule has 0 aliphatic rings. The third kappa shape index (κ3) is 2.14. The molecular formula is C7H3F3INO2. The van der Waals surface area contributed by atoms with Crippen LogP contribution >= 0.6 is 22.6 Å². The van der Waals surface area contributed by atoms with Crippen molar-refractivity contribution in [1.29, 1.82) is 0 Å². The van der Waals surface area contributed by atoms with E-state index in [0.717, 1.165) is 12.3 Å². The van der Waals surface area contributed by atoms with E-state index in [-0.39, 0.29) is 3.57 Å². The normalized spacial score (nSPS) is 11.4. The first kappa shape index (κ1) is 11.2. The molecule has 0 saturated carbocycles. The van der Waals surface area contributed by atoms with Crippen LogP contribution in [0.25, 0.3) is 0 Å². The monoisotopic (exact) mass is 317 g/mol. The van der Waals surface area contributed by atoms with Crippen molar-refractivity contribution in [2.75, 3.05) is 0 Å². The van der Waals surface area contributed by atoms with Crippen molar-refractivity contribution < 1.29 is 23.1 Å². The van der Waals surface area contributed by atoms with Gasteiger partial charge in [0, 0.05) is 9.77 Å². The molecule has 0 atom stereocenters. The number of carboxylic acids is 1. The number of nitrogens with zero attached hydrogens (tertiary/aromatic N) is 1. The van der Waals surface area contributed by atoms with Crippen molar-refractivity contribution in [1.82, 2.24) is 4.98 Å². The quantitative estimate of drug-likeness (QED) is 0.809. The van der Waals surface area contributed by atoms with Crippen molar-refractivity contribution in [2.24, 2.45) is 0 Å². The maximum absolute atomic E-state index is 12.4. The summed E-state index contributed by atoms with van der Waals surface area (Å²) in [6, 6.07) is 1.11. The Morgan fingerprint density at radius 2 is 2.07 bits per heavy atom. The van der Waals surface area contributed by atoms with E-state index in [4.69, 9.17) is 5.11 Å². The van der Waals surface area contributed by atoms with E-state index >= 15 is 0 Å². The first-order chi connectivity index (χ1) is 6.34. The van der Waals surface area contributed by atoms with Gasteiger partial charge in [-0.3, -0.25) is 0 Å². The minimum Gasteiger partial charge on any atom is -0.476 e. The van der Waals surface area contributed by atoms with Crippen molar-refractivity contribution in [3.8, 4) is 0 Å². The Morgan fingerprint density at radius 3 is 2.43 bits per heavy atom. The Kier molecular flexibility index (Phi) is 2.98. The average Bonchev–Trinajstić information content (AvgIpc) is 2.01. The molecule has 14 heavy (non-hydrogen) atoms. The SMILES string of the molecule is O=C(O)c1nccc(I)c1C(F)(F)F. The van der Waals surface area contributed by atoms with Gasteiger partial charge in [0.25, 0.3) is 0 Å². The molecule has 0 bridgehead atoms. The predicted octanol–water partition coefficient (Wildman–Crippen LogP) is 2.40. The van der Waals surface area contributed by atoms with Crippen molar-refractivity contribution in [3.63, 3.8) is 0 Å². The summed E-state index contributed by atoms with van der Waals surface area (Å²) in [6.45, 7) is 0. The fourth-order valence-electron chi connectivity index (χ4n) is 0.870. The summed E-state index contributed by atoms with van der Waals surface area (Å²) in [5.41, 5.74) is -2.17. The molecule has 0 aromatic carbocycles. The lowest BCUT2D eigenvalue weighted by Crippen LogP contribution is -2.16. The maximum Gasteiger partial charge on any atom is 0.419 e. The molecule has 0 unspecified atom stereocenters. The third-order valence-electron chi connectivity index (χ3n) is 1.39. The van der Waals surface area contributed by atoms with Crippen LogP contribution in [-0.2, 0) is 6.18 Å². The molecule has 7 heteroatoms. The number of hydrogen-bond donors (Lipinski definition) is 1. The zero-order chi connectivity index (χ0) is 10.9. The Morgan fingerprint density at radius 1 is 1.50 bits per heavy atom. The second-order valence-electron chi connectivity index (χ2n) is 2.32. The second-order valence-corrected chi connectivity index (χ2v) is 3.48. The molecular weight excluding hydrogens is 314 g/mol. The lowest BCUT2D eigenvalue weighted by atomic mass is 10.2. The van der Waals surface area contributed by atoms with Crippen molar-refractivity contribution in [3.05, 3.63) is 27.1 Å². The zero-order valence-electron chi connectivity index (χ0n) is 6.47. The second kappa shape index (κ2) is 3.71. The molecule has 3 nitrogen and oxygen atoms in total. The standard InChI is InChI=1S/C7H3F3INO2/c8-7(9,10)4-3(11)1-2-12-5(4)6(13)14/h1-2H,(H,13,14). The molecule has 1 N–H and O–H groups in total. The van der Waals surface area contributed by atoms with Crippen LogP contribution in [0, 0.1) is 3.57 Å². The summed E-state index contributed by atoms with van der Waals surface area (Å²) in [7, 11) is 0. The average molecular weight is 317 g/mol. The van der Waals surface area contributed by atoms with Crippen LogP contribution in [0.1, 0.15) is 16.1 Å². The Balaban J connectivity index is 3.45. The molecule has 0 amide bonds. The van der Waals surface area contributed by atoms with Crippen LogP contribution in [0.4, 0.5) is 13.2 Å². The Hall–Kier alpha value is -0.860. The zero-order valence-corrected chi connectivity index (χ0v) is 8.63. The van der Waals surface area contributed by atoms with Gasteiger partial charge in [-0.15, -0.1) is 0 Å². The van der Waals surface area contributed by atoms with Crippen LogP contribution in [0.3, 0.4) is 0 Å². The highest BCUT2D eigenvalue weighted by Gasteiger charge is 2.38. The van der Waals surface area contributed by atoms with Crippen molar-refractivity contribution >= 4 is 28.6 Å². The van der Waals surface area contributed by atoms with Gasteiger partial charge in [0.1, 0.15) is 5.56 Å². The van der Waals surface area contributed by atoms with Gasteiger partial charge in [-0.2, -0.15) is 13.2 Å². The molecule has 1 rings (SSSR count). The number of aromatic nitrogens is 1. The molecule has 0 radical (unpaired) electrons. The van der Waals surface area contributed by atoms with Gasteiger partial charge in [0.15, 0.2) is 5.69 Å².